The molecule has 2 aliphatic heterocycles. The molecule has 4 heterocycles. The molecule has 7 nitrogen and oxygen atoms in total. The average molecular weight is 401 g/mol. The highest BCUT2D eigenvalue weighted by molar-refractivity contribution is 5.85. The van der Waals surface area contributed by atoms with Crippen molar-refractivity contribution >= 4 is 23.3 Å². The summed E-state index contributed by atoms with van der Waals surface area (Å²) in [7, 11) is 0. The van der Waals surface area contributed by atoms with Crippen molar-refractivity contribution in [2.75, 3.05) is 19.6 Å². The van der Waals surface area contributed by atoms with E-state index in [1.807, 2.05) is 30.3 Å². The van der Waals surface area contributed by atoms with Gasteiger partial charge in [-0.1, -0.05) is 18.2 Å². The first-order valence-electron chi connectivity index (χ1n) is 9.74. The maximum absolute atomic E-state index is 12.4. The van der Waals surface area contributed by atoms with Gasteiger partial charge in [-0.05, 0) is 43.5 Å². The van der Waals surface area contributed by atoms with Crippen LogP contribution in [0.15, 0.2) is 35.1 Å². The quantitative estimate of drug-likeness (QED) is 0.703. The Labute approximate surface area is 169 Å². The molecule has 0 unspecified atom stereocenters. The lowest BCUT2D eigenvalue weighted by atomic mass is 9.95. The molecule has 0 bridgehead atoms. The first-order valence-corrected chi connectivity index (χ1v) is 9.74. The number of rotatable bonds is 3. The highest BCUT2D eigenvalue weighted by Gasteiger charge is 2.27. The van der Waals surface area contributed by atoms with E-state index in [0.717, 1.165) is 73.7 Å². The molecular weight excluding hydrogens is 376 g/mol. The molecule has 2 aliphatic rings. The summed E-state index contributed by atoms with van der Waals surface area (Å²) in [6.07, 6.45) is 2.13. The predicted molar refractivity (Wildman–Crippen MR) is 111 cm³/mol. The molecule has 0 spiro atoms. The van der Waals surface area contributed by atoms with Gasteiger partial charge in [0, 0.05) is 36.6 Å². The van der Waals surface area contributed by atoms with E-state index < -0.39 is 0 Å². The standard InChI is InChI=1S/C20H24N6O.ClH/c27-20-16(11-15-3-1-2-4-17(15)22-20)13-25-8-5-14(6-9-25)19-24-23-18-12-21-7-10-26(18)19;/h1-4,11,14,21H,5-10,12-13H2,(H,22,27);1H. The Hall–Kier alpha value is -2.22. The van der Waals surface area contributed by atoms with Crippen molar-refractivity contribution in [1.82, 2.24) is 30.0 Å². The SMILES string of the molecule is Cl.O=c1[nH]c2ccccc2cc1CN1CCC(c2nnc3n2CCNC3)CC1. The Kier molecular flexibility index (Phi) is 5.48. The van der Waals surface area contributed by atoms with Crippen LogP contribution >= 0.6 is 12.4 Å². The molecule has 0 radical (unpaired) electrons. The monoisotopic (exact) mass is 400 g/mol. The van der Waals surface area contributed by atoms with Crippen LogP contribution in [-0.4, -0.2) is 44.3 Å². The normalized spacial score (nSPS) is 18.0. The van der Waals surface area contributed by atoms with E-state index in [4.69, 9.17) is 0 Å². The number of fused-ring (bicyclic) bond motifs is 2. The van der Waals surface area contributed by atoms with Gasteiger partial charge in [0.25, 0.3) is 5.56 Å². The van der Waals surface area contributed by atoms with Gasteiger partial charge in [0.2, 0.25) is 0 Å². The van der Waals surface area contributed by atoms with Gasteiger partial charge in [0.1, 0.15) is 11.6 Å². The highest BCUT2D eigenvalue weighted by Crippen LogP contribution is 2.28. The molecule has 8 heteroatoms. The van der Waals surface area contributed by atoms with Gasteiger partial charge in [-0.15, -0.1) is 22.6 Å². The molecule has 28 heavy (non-hydrogen) atoms. The number of H-pyrrole nitrogens is 1. The summed E-state index contributed by atoms with van der Waals surface area (Å²) >= 11 is 0. The van der Waals surface area contributed by atoms with Crippen molar-refractivity contribution in [1.29, 1.82) is 0 Å². The molecule has 0 aliphatic carbocycles. The van der Waals surface area contributed by atoms with Gasteiger partial charge in [-0.3, -0.25) is 9.69 Å². The fraction of sp³-hybridized carbons (Fsp3) is 0.450. The van der Waals surface area contributed by atoms with E-state index in [-0.39, 0.29) is 18.0 Å². The fourth-order valence-corrected chi connectivity index (χ4v) is 4.32. The zero-order valence-corrected chi connectivity index (χ0v) is 16.5. The van der Waals surface area contributed by atoms with E-state index in [0.29, 0.717) is 12.5 Å². The van der Waals surface area contributed by atoms with Crippen molar-refractivity contribution < 1.29 is 0 Å². The molecule has 0 atom stereocenters. The Morgan fingerprint density at radius 3 is 2.79 bits per heavy atom. The third kappa shape index (κ3) is 3.57. The second-order valence-electron chi connectivity index (χ2n) is 7.56. The molecule has 1 saturated heterocycles. The number of likely N-dealkylation sites (tertiary alicyclic amines) is 1. The zero-order chi connectivity index (χ0) is 18.2. The van der Waals surface area contributed by atoms with Gasteiger partial charge < -0.3 is 14.9 Å². The number of benzene rings is 1. The van der Waals surface area contributed by atoms with E-state index >= 15 is 0 Å². The van der Waals surface area contributed by atoms with Gasteiger partial charge in [-0.2, -0.15) is 0 Å². The Morgan fingerprint density at radius 1 is 1.11 bits per heavy atom. The molecule has 0 saturated carbocycles. The predicted octanol–water partition coefficient (Wildman–Crippen LogP) is 2.02. The molecule has 2 N–H and O–H groups in total. The van der Waals surface area contributed by atoms with E-state index in [1.165, 1.54) is 0 Å². The average Bonchev–Trinajstić information content (AvgIpc) is 3.13. The van der Waals surface area contributed by atoms with Crippen LogP contribution in [0.5, 0.6) is 0 Å². The van der Waals surface area contributed by atoms with E-state index in [1.54, 1.807) is 0 Å². The van der Waals surface area contributed by atoms with Crippen LogP contribution in [-0.2, 0) is 19.6 Å². The number of piperidine rings is 1. The summed E-state index contributed by atoms with van der Waals surface area (Å²) in [5, 5.41) is 13.3. The first-order chi connectivity index (χ1) is 13.3. The van der Waals surface area contributed by atoms with Crippen molar-refractivity contribution in [2.24, 2.45) is 0 Å². The van der Waals surface area contributed by atoms with Crippen molar-refractivity contribution in [3.8, 4) is 0 Å². The number of nitrogens with zero attached hydrogens (tertiary/aromatic N) is 4. The van der Waals surface area contributed by atoms with Crippen LogP contribution in [0.2, 0.25) is 0 Å². The smallest absolute Gasteiger partial charge is 0.252 e. The fourth-order valence-electron chi connectivity index (χ4n) is 4.32. The van der Waals surface area contributed by atoms with Crippen LogP contribution in [0.1, 0.15) is 36.0 Å². The lowest BCUT2D eigenvalue weighted by Gasteiger charge is -2.32. The van der Waals surface area contributed by atoms with Crippen LogP contribution in [0, 0.1) is 0 Å². The minimum atomic E-state index is 0. The highest BCUT2D eigenvalue weighted by atomic mass is 35.5. The number of halogens is 1. The van der Waals surface area contributed by atoms with Gasteiger partial charge in [-0.25, -0.2) is 0 Å². The second kappa shape index (κ2) is 8.03. The van der Waals surface area contributed by atoms with Gasteiger partial charge in [0.05, 0.1) is 6.54 Å². The largest absolute Gasteiger partial charge is 0.322 e. The van der Waals surface area contributed by atoms with Crippen LogP contribution in [0.4, 0.5) is 0 Å². The summed E-state index contributed by atoms with van der Waals surface area (Å²) in [6, 6.07) is 9.97. The maximum atomic E-state index is 12.4. The Morgan fingerprint density at radius 2 is 1.93 bits per heavy atom. The summed E-state index contributed by atoms with van der Waals surface area (Å²) in [4.78, 5) is 17.8. The summed E-state index contributed by atoms with van der Waals surface area (Å²) in [5.74, 6) is 2.67. The summed E-state index contributed by atoms with van der Waals surface area (Å²) in [6.45, 7) is 5.44. The van der Waals surface area contributed by atoms with Gasteiger partial charge >= 0.3 is 0 Å². The van der Waals surface area contributed by atoms with Crippen LogP contribution in [0.3, 0.4) is 0 Å². The molecule has 1 fully saturated rings. The second-order valence-corrected chi connectivity index (χ2v) is 7.56. The third-order valence-corrected chi connectivity index (χ3v) is 5.83. The summed E-state index contributed by atoms with van der Waals surface area (Å²) in [5.41, 5.74) is 1.77. The molecule has 1 aromatic carbocycles. The topological polar surface area (TPSA) is 78.8 Å². The molecular formula is C20H25ClN6O. The minimum absolute atomic E-state index is 0. The van der Waals surface area contributed by atoms with E-state index in [9.17, 15) is 4.79 Å². The third-order valence-electron chi connectivity index (χ3n) is 5.83. The first kappa shape index (κ1) is 19.1. The Balaban J connectivity index is 0.00000192. The number of aromatic nitrogens is 4. The molecule has 3 aromatic rings. The number of para-hydroxylation sites is 1. The van der Waals surface area contributed by atoms with Crippen molar-refractivity contribution in [3.05, 3.63) is 57.9 Å². The number of hydrogen-bond acceptors (Lipinski definition) is 5. The summed E-state index contributed by atoms with van der Waals surface area (Å²) < 4.78 is 2.30. The molecule has 5 rings (SSSR count). The lowest BCUT2D eigenvalue weighted by Crippen LogP contribution is -2.35. The molecule has 2 aromatic heterocycles. The van der Waals surface area contributed by atoms with Gasteiger partial charge in [0.15, 0.2) is 0 Å². The minimum Gasteiger partial charge on any atom is -0.322 e. The van der Waals surface area contributed by atoms with E-state index in [2.05, 4.69) is 30.0 Å². The number of pyridine rings is 1. The molecule has 0 amide bonds. The van der Waals surface area contributed by atoms with Crippen LogP contribution < -0.4 is 10.9 Å². The van der Waals surface area contributed by atoms with Crippen LogP contribution in [0.25, 0.3) is 10.9 Å². The molecule has 148 valence electrons. The number of aromatic amines is 1. The maximum Gasteiger partial charge on any atom is 0.252 e. The van der Waals surface area contributed by atoms with Crippen molar-refractivity contribution in [3.63, 3.8) is 0 Å². The lowest BCUT2D eigenvalue weighted by molar-refractivity contribution is 0.199. The Bertz CT molecular complexity index is 1020. The number of hydrogen-bond donors (Lipinski definition) is 2. The zero-order valence-electron chi connectivity index (χ0n) is 15.7. The van der Waals surface area contributed by atoms with Crippen molar-refractivity contribution in [2.45, 2.75) is 38.4 Å². The number of nitrogens with one attached hydrogen (secondary N) is 2.